The summed E-state index contributed by atoms with van der Waals surface area (Å²) < 4.78 is 5.34. The van der Waals surface area contributed by atoms with Crippen LogP contribution in [0.25, 0.3) is 0 Å². The first kappa shape index (κ1) is 12.9. The highest BCUT2D eigenvalue weighted by molar-refractivity contribution is 5.19. The van der Waals surface area contributed by atoms with E-state index in [1.54, 1.807) is 0 Å². The molecule has 0 aromatic rings. The van der Waals surface area contributed by atoms with Crippen molar-refractivity contribution in [3.63, 3.8) is 0 Å². The van der Waals surface area contributed by atoms with Crippen molar-refractivity contribution in [1.29, 1.82) is 0 Å². The number of rotatable bonds is 4. The third-order valence-electron chi connectivity index (χ3n) is 3.53. The molecule has 0 spiro atoms. The molecule has 3 nitrogen and oxygen atoms in total. The molecule has 1 heterocycles. The molecule has 2 rings (SSSR count). The molecular formula is C14H23NO2. The van der Waals surface area contributed by atoms with Crippen molar-refractivity contribution in [3.8, 4) is 11.8 Å². The standard InChI is InChI=1S/C14H23NO2/c1-2-17-12-11-15-9-7-14(16,8-10-15)6-5-13-3-4-13/h13,16H,2-4,7-12H2,1H3. The summed E-state index contributed by atoms with van der Waals surface area (Å²) in [4.78, 5) is 2.35. The number of nitrogens with zero attached hydrogens (tertiary/aromatic N) is 1. The first-order valence-electron chi connectivity index (χ1n) is 6.77. The van der Waals surface area contributed by atoms with Crippen molar-refractivity contribution in [2.45, 2.75) is 38.2 Å². The Hall–Kier alpha value is -0.560. The van der Waals surface area contributed by atoms with Gasteiger partial charge in [0, 0.05) is 45.0 Å². The minimum atomic E-state index is -0.718. The lowest BCUT2D eigenvalue weighted by Crippen LogP contribution is -2.44. The Morgan fingerprint density at radius 1 is 1.35 bits per heavy atom. The Balaban J connectivity index is 1.71. The van der Waals surface area contributed by atoms with Gasteiger partial charge in [0.1, 0.15) is 5.60 Å². The maximum atomic E-state index is 10.3. The normalized spacial score (nSPS) is 24.1. The van der Waals surface area contributed by atoms with Crippen molar-refractivity contribution in [3.05, 3.63) is 0 Å². The lowest BCUT2D eigenvalue weighted by Gasteiger charge is -2.34. The van der Waals surface area contributed by atoms with Crippen LogP contribution < -0.4 is 0 Å². The van der Waals surface area contributed by atoms with Gasteiger partial charge in [0.15, 0.2) is 0 Å². The van der Waals surface area contributed by atoms with Crippen LogP contribution in [0.1, 0.15) is 32.6 Å². The Labute approximate surface area is 104 Å². The van der Waals surface area contributed by atoms with Crippen LogP contribution in [0.2, 0.25) is 0 Å². The smallest absolute Gasteiger partial charge is 0.127 e. The van der Waals surface area contributed by atoms with Crippen LogP contribution >= 0.6 is 0 Å². The van der Waals surface area contributed by atoms with Gasteiger partial charge in [0.05, 0.1) is 6.61 Å². The quantitative estimate of drug-likeness (QED) is 0.590. The summed E-state index contributed by atoms with van der Waals surface area (Å²) >= 11 is 0. The lowest BCUT2D eigenvalue weighted by molar-refractivity contribution is 0.0166. The highest BCUT2D eigenvalue weighted by Crippen LogP contribution is 2.29. The second-order valence-electron chi connectivity index (χ2n) is 5.11. The van der Waals surface area contributed by atoms with Crippen LogP contribution in [0.3, 0.4) is 0 Å². The van der Waals surface area contributed by atoms with E-state index in [1.807, 2.05) is 6.92 Å². The summed E-state index contributed by atoms with van der Waals surface area (Å²) in [6.45, 7) is 6.43. The molecule has 2 aliphatic rings. The molecule has 0 radical (unpaired) electrons. The number of likely N-dealkylation sites (tertiary alicyclic amines) is 1. The van der Waals surface area contributed by atoms with Crippen molar-refractivity contribution >= 4 is 0 Å². The average molecular weight is 237 g/mol. The molecule has 1 N–H and O–H groups in total. The molecule has 0 unspecified atom stereocenters. The maximum Gasteiger partial charge on any atom is 0.127 e. The van der Waals surface area contributed by atoms with E-state index < -0.39 is 5.60 Å². The van der Waals surface area contributed by atoms with Crippen molar-refractivity contribution in [1.82, 2.24) is 4.90 Å². The van der Waals surface area contributed by atoms with E-state index in [0.717, 1.165) is 45.7 Å². The Bertz CT molecular complexity index is 293. The van der Waals surface area contributed by atoms with Gasteiger partial charge in [-0.3, -0.25) is 0 Å². The molecule has 0 bridgehead atoms. The number of piperidine rings is 1. The molecule has 0 atom stereocenters. The second kappa shape index (κ2) is 5.86. The lowest BCUT2D eigenvalue weighted by atomic mass is 9.92. The van der Waals surface area contributed by atoms with Gasteiger partial charge in [-0.25, -0.2) is 0 Å². The molecule has 96 valence electrons. The molecule has 2 fully saturated rings. The topological polar surface area (TPSA) is 32.7 Å². The van der Waals surface area contributed by atoms with Crippen molar-refractivity contribution < 1.29 is 9.84 Å². The largest absolute Gasteiger partial charge is 0.380 e. The summed E-state index contributed by atoms with van der Waals surface area (Å²) in [5, 5.41) is 10.3. The highest BCUT2D eigenvalue weighted by atomic mass is 16.5. The van der Waals surface area contributed by atoms with Gasteiger partial charge in [-0.15, -0.1) is 0 Å². The monoisotopic (exact) mass is 237 g/mol. The molecule has 0 aromatic carbocycles. The van der Waals surface area contributed by atoms with E-state index in [9.17, 15) is 5.11 Å². The van der Waals surface area contributed by atoms with E-state index in [2.05, 4.69) is 16.7 Å². The average Bonchev–Trinajstić information content (AvgIpc) is 3.14. The number of hydrogen-bond donors (Lipinski definition) is 1. The summed E-state index contributed by atoms with van der Waals surface area (Å²) in [5.74, 6) is 6.86. The minimum Gasteiger partial charge on any atom is -0.380 e. The Morgan fingerprint density at radius 2 is 2.06 bits per heavy atom. The molecule has 17 heavy (non-hydrogen) atoms. The van der Waals surface area contributed by atoms with Crippen molar-refractivity contribution in [2.24, 2.45) is 5.92 Å². The molecule has 3 heteroatoms. The van der Waals surface area contributed by atoms with Gasteiger partial charge in [0.2, 0.25) is 0 Å². The fourth-order valence-corrected chi connectivity index (χ4v) is 2.07. The third-order valence-corrected chi connectivity index (χ3v) is 3.53. The van der Waals surface area contributed by atoms with E-state index in [4.69, 9.17) is 4.74 Å². The van der Waals surface area contributed by atoms with Gasteiger partial charge in [-0.05, 0) is 19.8 Å². The predicted octanol–water partition coefficient (Wildman–Crippen LogP) is 1.26. The number of hydrogen-bond acceptors (Lipinski definition) is 3. The fourth-order valence-electron chi connectivity index (χ4n) is 2.07. The summed E-state index contributed by atoms with van der Waals surface area (Å²) in [6.07, 6.45) is 4.00. The van der Waals surface area contributed by atoms with E-state index >= 15 is 0 Å². The van der Waals surface area contributed by atoms with Crippen LogP contribution in [-0.4, -0.2) is 48.5 Å². The van der Waals surface area contributed by atoms with Gasteiger partial charge in [-0.1, -0.05) is 11.8 Å². The number of aliphatic hydroxyl groups is 1. The highest BCUT2D eigenvalue weighted by Gasteiger charge is 2.30. The van der Waals surface area contributed by atoms with Gasteiger partial charge >= 0.3 is 0 Å². The van der Waals surface area contributed by atoms with Crippen LogP contribution in [0.4, 0.5) is 0 Å². The molecule has 0 amide bonds. The first-order chi connectivity index (χ1) is 8.22. The maximum absolute atomic E-state index is 10.3. The summed E-state index contributed by atoms with van der Waals surface area (Å²) in [7, 11) is 0. The fraction of sp³-hybridized carbons (Fsp3) is 0.857. The summed E-state index contributed by atoms with van der Waals surface area (Å²) in [5.41, 5.74) is -0.718. The molecule has 1 aliphatic carbocycles. The zero-order valence-electron chi connectivity index (χ0n) is 10.7. The Morgan fingerprint density at radius 3 is 2.65 bits per heavy atom. The zero-order chi connectivity index (χ0) is 12.1. The second-order valence-corrected chi connectivity index (χ2v) is 5.11. The van der Waals surface area contributed by atoms with Gasteiger partial charge in [-0.2, -0.15) is 0 Å². The number of ether oxygens (including phenoxy) is 1. The SMILES string of the molecule is CCOCCN1CCC(O)(C#CC2CC2)CC1. The predicted molar refractivity (Wildman–Crippen MR) is 67.6 cm³/mol. The third kappa shape index (κ3) is 4.31. The van der Waals surface area contributed by atoms with Crippen LogP contribution in [0.5, 0.6) is 0 Å². The molecule has 0 aromatic heterocycles. The summed E-state index contributed by atoms with van der Waals surface area (Å²) in [6, 6.07) is 0. The van der Waals surface area contributed by atoms with Gasteiger partial charge < -0.3 is 14.7 Å². The molecule has 1 saturated heterocycles. The zero-order valence-corrected chi connectivity index (χ0v) is 10.7. The van der Waals surface area contributed by atoms with Gasteiger partial charge in [0.25, 0.3) is 0 Å². The first-order valence-corrected chi connectivity index (χ1v) is 6.77. The molecule has 1 aliphatic heterocycles. The van der Waals surface area contributed by atoms with Crippen LogP contribution in [0.15, 0.2) is 0 Å². The van der Waals surface area contributed by atoms with E-state index in [1.165, 1.54) is 12.8 Å². The minimum absolute atomic E-state index is 0.579. The Kier molecular flexibility index (Phi) is 4.44. The van der Waals surface area contributed by atoms with E-state index in [0.29, 0.717) is 5.92 Å². The van der Waals surface area contributed by atoms with Crippen LogP contribution in [-0.2, 0) is 4.74 Å². The van der Waals surface area contributed by atoms with Crippen molar-refractivity contribution in [2.75, 3.05) is 32.8 Å². The van der Waals surface area contributed by atoms with Crippen LogP contribution in [0, 0.1) is 17.8 Å². The molecule has 1 saturated carbocycles. The van der Waals surface area contributed by atoms with E-state index in [-0.39, 0.29) is 0 Å². The molecular weight excluding hydrogens is 214 g/mol.